The number of halogens is 3. The maximum Gasteiger partial charge on any atom is 0.433 e. The number of ether oxygens (including phenoxy) is 1. The van der Waals surface area contributed by atoms with E-state index < -0.39 is 23.6 Å². The Hall–Kier alpha value is -2.23. The lowest BCUT2D eigenvalue weighted by atomic mass is 10.2. The van der Waals surface area contributed by atoms with Crippen LogP contribution in [0.1, 0.15) is 26.5 Å². The van der Waals surface area contributed by atoms with Crippen LogP contribution in [-0.2, 0) is 10.9 Å². The Bertz CT molecular complexity index is 557. The van der Waals surface area contributed by atoms with Crippen molar-refractivity contribution in [3.05, 3.63) is 24.0 Å². The first kappa shape index (κ1) is 16.8. The second-order valence-electron chi connectivity index (χ2n) is 5.17. The van der Waals surface area contributed by atoms with Crippen molar-refractivity contribution in [2.75, 3.05) is 11.4 Å². The number of hydrogen-bond donors (Lipinski definition) is 0. The van der Waals surface area contributed by atoms with Crippen LogP contribution in [0.4, 0.5) is 23.7 Å². The van der Waals surface area contributed by atoms with Crippen LogP contribution >= 0.6 is 0 Å². The first-order valence-electron chi connectivity index (χ1n) is 6.02. The third-order valence-electron chi connectivity index (χ3n) is 2.21. The highest BCUT2D eigenvalue weighted by molar-refractivity contribution is 5.88. The Balaban J connectivity index is 3.12. The molecule has 0 aliphatic carbocycles. The summed E-state index contributed by atoms with van der Waals surface area (Å²) >= 11 is 0. The minimum Gasteiger partial charge on any atom is -0.443 e. The molecular formula is C14H15F3N2O2. The van der Waals surface area contributed by atoms with Gasteiger partial charge in [0.25, 0.3) is 0 Å². The molecule has 0 spiro atoms. The van der Waals surface area contributed by atoms with Crippen LogP contribution in [0.5, 0.6) is 0 Å². The number of pyridine rings is 1. The van der Waals surface area contributed by atoms with E-state index in [9.17, 15) is 18.0 Å². The first-order valence-corrected chi connectivity index (χ1v) is 6.02. The fourth-order valence-corrected chi connectivity index (χ4v) is 1.41. The van der Waals surface area contributed by atoms with Crippen molar-refractivity contribution in [2.24, 2.45) is 0 Å². The third-order valence-corrected chi connectivity index (χ3v) is 2.21. The molecule has 0 saturated carbocycles. The average Bonchev–Trinajstić information content (AvgIpc) is 2.32. The van der Waals surface area contributed by atoms with E-state index in [-0.39, 0.29) is 12.2 Å². The fourth-order valence-electron chi connectivity index (χ4n) is 1.41. The van der Waals surface area contributed by atoms with Gasteiger partial charge in [-0.2, -0.15) is 13.2 Å². The number of nitrogens with zero attached hydrogens (tertiary/aromatic N) is 2. The quantitative estimate of drug-likeness (QED) is 0.785. The van der Waals surface area contributed by atoms with E-state index in [0.29, 0.717) is 0 Å². The lowest BCUT2D eigenvalue weighted by Crippen LogP contribution is -2.37. The zero-order chi connectivity index (χ0) is 16.3. The Morgan fingerprint density at radius 2 is 2.05 bits per heavy atom. The molecule has 0 saturated heterocycles. The molecule has 0 aliphatic rings. The summed E-state index contributed by atoms with van der Waals surface area (Å²) in [6.07, 6.45) is 0.694. The molecule has 0 radical (unpaired) electrons. The molecule has 0 bridgehead atoms. The van der Waals surface area contributed by atoms with Gasteiger partial charge in [0.1, 0.15) is 11.3 Å². The van der Waals surface area contributed by atoms with Crippen molar-refractivity contribution in [3.63, 3.8) is 0 Å². The van der Waals surface area contributed by atoms with Crippen molar-refractivity contribution >= 4 is 11.8 Å². The zero-order valence-electron chi connectivity index (χ0n) is 11.9. The van der Waals surface area contributed by atoms with Gasteiger partial charge >= 0.3 is 12.3 Å². The smallest absolute Gasteiger partial charge is 0.433 e. The van der Waals surface area contributed by atoms with E-state index in [4.69, 9.17) is 11.2 Å². The summed E-state index contributed by atoms with van der Waals surface area (Å²) in [6.45, 7) is 4.72. The molecule has 1 rings (SSSR count). The standard InChI is InChI=1S/C14H15F3N2O2/c1-5-8-19(12(20)21-13(2,3)4)10-6-7-18-11(9-10)14(15,16)17/h1,6-7,9H,8H2,2-4H3. The van der Waals surface area contributed by atoms with Gasteiger partial charge < -0.3 is 4.74 Å². The van der Waals surface area contributed by atoms with Gasteiger partial charge in [0.15, 0.2) is 0 Å². The van der Waals surface area contributed by atoms with Crippen LogP contribution in [-0.4, -0.2) is 23.2 Å². The van der Waals surface area contributed by atoms with Crippen molar-refractivity contribution in [1.82, 2.24) is 4.98 Å². The second kappa shape index (κ2) is 6.04. The van der Waals surface area contributed by atoms with E-state index in [2.05, 4.69) is 10.9 Å². The molecule has 0 aliphatic heterocycles. The molecule has 1 aromatic rings. The van der Waals surface area contributed by atoms with Gasteiger partial charge in [-0.1, -0.05) is 5.92 Å². The van der Waals surface area contributed by atoms with Crippen LogP contribution in [0.25, 0.3) is 0 Å². The minimum absolute atomic E-state index is 0.0236. The number of hydrogen-bond acceptors (Lipinski definition) is 3. The van der Waals surface area contributed by atoms with Gasteiger partial charge in [-0.05, 0) is 32.9 Å². The SMILES string of the molecule is C#CCN(C(=O)OC(C)(C)C)c1ccnc(C(F)(F)F)c1. The van der Waals surface area contributed by atoms with Crippen LogP contribution in [0.3, 0.4) is 0 Å². The van der Waals surface area contributed by atoms with Crippen LogP contribution in [0, 0.1) is 12.3 Å². The average molecular weight is 300 g/mol. The highest BCUT2D eigenvalue weighted by Gasteiger charge is 2.33. The van der Waals surface area contributed by atoms with Crippen LogP contribution in [0.2, 0.25) is 0 Å². The molecule has 0 unspecified atom stereocenters. The Labute approximate surface area is 120 Å². The summed E-state index contributed by atoms with van der Waals surface area (Å²) in [6, 6.07) is 2.01. The number of alkyl halides is 3. The maximum absolute atomic E-state index is 12.7. The topological polar surface area (TPSA) is 42.4 Å². The van der Waals surface area contributed by atoms with Gasteiger partial charge in [-0.3, -0.25) is 9.88 Å². The van der Waals surface area contributed by atoms with Crippen molar-refractivity contribution in [3.8, 4) is 12.3 Å². The predicted molar refractivity (Wildman–Crippen MR) is 71.7 cm³/mol. The predicted octanol–water partition coefficient (Wildman–Crippen LogP) is 3.48. The maximum atomic E-state index is 12.7. The molecule has 0 N–H and O–H groups in total. The fraction of sp³-hybridized carbons (Fsp3) is 0.429. The lowest BCUT2D eigenvalue weighted by molar-refractivity contribution is -0.141. The number of aromatic nitrogens is 1. The van der Waals surface area contributed by atoms with Crippen LogP contribution in [0.15, 0.2) is 18.3 Å². The summed E-state index contributed by atoms with van der Waals surface area (Å²) < 4.78 is 43.1. The molecule has 7 heteroatoms. The van der Waals surface area contributed by atoms with Gasteiger partial charge in [-0.25, -0.2) is 4.79 Å². The molecule has 1 aromatic heterocycles. The van der Waals surface area contributed by atoms with E-state index in [1.165, 1.54) is 6.07 Å². The molecule has 4 nitrogen and oxygen atoms in total. The van der Waals surface area contributed by atoms with E-state index >= 15 is 0 Å². The summed E-state index contributed by atoms with van der Waals surface area (Å²) in [5.41, 5.74) is -1.92. The molecular weight excluding hydrogens is 285 g/mol. The van der Waals surface area contributed by atoms with Gasteiger partial charge in [0, 0.05) is 6.20 Å². The molecule has 0 fully saturated rings. The molecule has 21 heavy (non-hydrogen) atoms. The normalized spacial score (nSPS) is 11.7. The van der Waals surface area contributed by atoms with Gasteiger partial charge in [0.2, 0.25) is 0 Å². The zero-order valence-corrected chi connectivity index (χ0v) is 11.9. The second-order valence-corrected chi connectivity index (χ2v) is 5.17. The van der Waals surface area contributed by atoms with Crippen LogP contribution < -0.4 is 4.90 Å². The number of amides is 1. The van der Waals surface area contributed by atoms with E-state index in [1.54, 1.807) is 20.8 Å². The number of carbonyl (C=O) groups is 1. The highest BCUT2D eigenvalue weighted by Crippen LogP contribution is 2.30. The third kappa shape index (κ3) is 4.99. The summed E-state index contributed by atoms with van der Waals surface area (Å²) in [7, 11) is 0. The largest absolute Gasteiger partial charge is 0.443 e. The summed E-state index contributed by atoms with van der Waals surface area (Å²) in [5, 5.41) is 0. The first-order chi connectivity index (χ1) is 9.54. The van der Waals surface area contributed by atoms with Crippen molar-refractivity contribution in [1.29, 1.82) is 0 Å². The number of rotatable bonds is 2. The Kier molecular flexibility index (Phi) is 4.84. The van der Waals surface area contributed by atoms with E-state index in [0.717, 1.165) is 17.2 Å². The highest BCUT2D eigenvalue weighted by atomic mass is 19.4. The monoisotopic (exact) mass is 300 g/mol. The number of anilines is 1. The minimum atomic E-state index is -4.61. The number of carbonyl (C=O) groups excluding carboxylic acids is 1. The van der Waals surface area contributed by atoms with E-state index in [1.807, 2.05) is 0 Å². The van der Waals surface area contributed by atoms with Gasteiger partial charge in [-0.15, -0.1) is 6.42 Å². The summed E-state index contributed by atoms with van der Waals surface area (Å²) in [4.78, 5) is 16.2. The molecule has 0 aromatic carbocycles. The molecule has 1 heterocycles. The van der Waals surface area contributed by atoms with Gasteiger partial charge in [0.05, 0.1) is 12.2 Å². The Morgan fingerprint density at radius 3 is 2.52 bits per heavy atom. The molecule has 1 amide bonds. The van der Waals surface area contributed by atoms with Crippen molar-refractivity contribution in [2.45, 2.75) is 32.5 Å². The number of terminal acetylenes is 1. The molecule has 114 valence electrons. The lowest BCUT2D eigenvalue weighted by Gasteiger charge is -2.26. The Morgan fingerprint density at radius 1 is 1.43 bits per heavy atom. The molecule has 0 atom stereocenters. The summed E-state index contributed by atoms with van der Waals surface area (Å²) in [5.74, 6) is 2.21. The van der Waals surface area contributed by atoms with Crippen molar-refractivity contribution < 1.29 is 22.7 Å².